The molecule has 1 fully saturated rings. The number of nitrogens with two attached hydrogens (primary N) is 1. The summed E-state index contributed by atoms with van der Waals surface area (Å²) in [5.41, 5.74) is 6.49. The molecule has 1 aromatic carbocycles. The Balaban J connectivity index is 2.04. The predicted octanol–water partition coefficient (Wildman–Crippen LogP) is 2.85. The van der Waals surface area contributed by atoms with Gasteiger partial charge in [0.25, 0.3) is 0 Å². The van der Waals surface area contributed by atoms with Crippen LogP contribution in [-0.2, 0) is 0 Å². The zero-order valence-electron chi connectivity index (χ0n) is 9.83. The average Bonchev–Trinajstić information content (AvgIpc) is 2.39. The van der Waals surface area contributed by atoms with Crippen molar-refractivity contribution in [3.05, 3.63) is 29.3 Å². The van der Waals surface area contributed by atoms with Gasteiger partial charge in [-0.25, -0.2) is 0 Å². The van der Waals surface area contributed by atoms with Gasteiger partial charge in [0.15, 0.2) is 0 Å². The van der Waals surface area contributed by atoms with Crippen molar-refractivity contribution in [2.45, 2.75) is 12.8 Å². The van der Waals surface area contributed by atoms with Crippen LogP contribution >= 0.6 is 11.6 Å². The molecule has 17 heavy (non-hydrogen) atoms. The Kier molecular flexibility index (Phi) is 3.89. The first kappa shape index (κ1) is 12.7. The lowest BCUT2D eigenvalue weighted by Gasteiger charge is -2.40. The van der Waals surface area contributed by atoms with Gasteiger partial charge in [-0.1, -0.05) is 17.7 Å². The Labute approximate surface area is 107 Å². The number of nitrogens with zero attached hydrogens (tertiary/aromatic N) is 1. The van der Waals surface area contributed by atoms with Gasteiger partial charge in [-0.3, -0.25) is 4.39 Å². The van der Waals surface area contributed by atoms with Crippen LogP contribution in [-0.4, -0.2) is 26.3 Å². The summed E-state index contributed by atoms with van der Waals surface area (Å²) in [5, 5.41) is 0.739. The summed E-state index contributed by atoms with van der Waals surface area (Å²) in [6.45, 7) is 1.82. The third kappa shape index (κ3) is 2.72. The zero-order valence-corrected chi connectivity index (χ0v) is 10.6. The van der Waals surface area contributed by atoms with Crippen molar-refractivity contribution in [3.63, 3.8) is 0 Å². The van der Waals surface area contributed by atoms with E-state index in [1.165, 1.54) is 0 Å². The molecule has 0 saturated carbocycles. The fourth-order valence-corrected chi connectivity index (χ4v) is 2.49. The molecular formula is C13H18ClFN2. The molecule has 2 N–H and O–H groups in total. The van der Waals surface area contributed by atoms with E-state index in [0.717, 1.165) is 36.6 Å². The Morgan fingerprint density at radius 1 is 1.35 bits per heavy atom. The van der Waals surface area contributed by atoms with Gasteiger partial charge in [-0.2, -0.15) is 0 Å². The van der Waals surface area contributed by atoms with Gasteiger partial charge in [0.1, 0.15) is 0 Å². The maximum absolute atomic E-state index is 13.0. The third-order valence-corrected chi connectivity index (χ3v) is 3.95. The van der Waals surface area contributed by atoms with Gasteiger partial charge in [-0.15, -0.1) is 0 Å². The van der Waals surface area contributed by atoms with E-state index in [9.17, 15) is 4.39 Å². The van der Waals surface area contributed by atoms with Crippen LogP contribution < -0.4 is 10.6 Å². The van der Waals surface area contributed by atoms with Crippen molar-refractivity contribution in [3.8, 4) is 0 Å². The first-order valence-corrected chi connectivity index (χ1v) is 6.33. The van der Waals surface area contributed by atoms with E-state index < -0.39 is 0 Å². The van der Waals surface area contributed by atoms with Crippen LogP contribution in [0.25, 0.3) is 0 Å². The number of hydrogen-bond donors (Lipinski definition) is 1. The number of rotatable bonds is 3. The Hall–Kier alpha value is -0.800. The molecule has 1 heterocycles. The highest BCUT2D eigenvalue weighted by atomic mass is 35.5. The smallest absolute Gasteiger partial charge is 0.0964 e. The molecule has 0 unspecified atom stereocenters. The van der Waals surface area contributed by atoms with Gasteiger partial charge in [0.2, 0.25) is 0 Å². The molecule has 1 saturated heterocycles. The van der Waals surface area contributed by atoms with E-state index in [4.69, 9.17) is 17.3 Å². The topological polar surface area (TPSA) is 29.3 Å². The van der Waals surface area contributed by atoms with Gasteiger partial charge in [0, 0.05) is 35.8 Å². The van der Waals surface area contributed by atoms with E-state index in [0.29, 0.717) is 6.54 Å². The standard InChI is InChI=1S/C13H18ClFN2/c14-11-2-1-3-12(8-11)17-6-4-13(9-15,10-16)5-7-17/h1-3,8H,4-7,9-10,16H2. The lowest BCUT2D eigenvalue weighted by Crippen LogP contribution is -2.45. The molecule has 0 atom stereocenters. The molecule has 0 radical (unpaired) electrons. The highest BCUT2D eigenvalue weighted by Gasteiger charge is 2.33. The second kappa shape index (κ2) is 5.23. The van der Waals surface area contributed by atoms with Crippen molar-refractivity contribution in [2.75, 3.05) is 31.2 Å². The van der Waals surface area contributed by atoms with E-state index in [1.54, 1.807) is 0 Å². The number of benzene rings is 1. The minimum absolute atomic E-state index is 0.297. The highest BCUT2D eigenvalue weighted by molar-refractivity contribution is 6.30. The minimum atomic E-state index is -0.313. The van der Waals surface area contributed by atoms with Crippen molar-refractivity contribution in [1.82, 2.24) is 0 Å². The number of alkyl halides is 1. The van der Waals surface area contributed by atoms with E-state index in [1.807, 2.05) is 24.3 Å². The summed E-state index contributed by atoms with van der Waals surface area (Å²) in [6, 6.07) is 7.79. The van der Waals surface area contributed by atoms with Crippen molar-refractivity contribution < 1.29 is 4.39 Å². The van der Waals surface area contributed by atoms with Gasteiger partial charge in [-0.05, 0) is 31.0 Å². The summed E-state index contributed by atoms with van der Waals surface area (Å²) in [4.78, 5) is 2.25. The normalized spacial score (nSPS) is 19.4. The quantitative estimate of drug-likeness (QED) is 0.901. The van der Waals surface area contributed by atoms with Crippen LogP contribution in [0.1, 0.15) is 12.8 Å². The maximum Gasteiger partial charge on any atom is 0.0964 e. The SMILES string of the molecule is NCC1(CF)CCN(c2cccc(Cl)c2)CC1. The second-order valence-corrected chi connectivity index (χ2v) is 5.24. The molecule has 94 valence electrons. The molecular weight excluding hydrogens is 239 g/mol. The number of piperidine rings is 1. The second-order valence-electron chi connectivity index (χ2n) is 4.80. The third-order valence-electron chi connectivity index (χ3n) is 3.71. The molecule has 0 spiro atoms. The molecule has 0 aromatic heterocycles. The van der Waals surface area contributed by atoms with Crippen molar-refractivity contribution in [1.29, 1.82) is 0 Å². The van der Waals surface area contributed by atoms with Gasteiger partial charge < -0.3 is 10.6 Å². The lowest BCUT2D eigenvalue weighted by atomic mass is 9.79. The van der Waals surface area contributed by atoms with Crippen LogP contribution in [0.15, 0.2) is 24.3 Å². The van der Waals surface area contributed by atoms with Crippen LogP contribution in [0, 0.1) is 5.41 Å². The largest absolute Gasteiger partial charge is 0.371 e. The maximum atomic E-state index is 13.0. The summed E-state index contributed by atoms with van der Waals surface area (Å²) in [7, 11) is 0. The van der Waals surface area contributed by atoms with Crippen LogP contribution in [0.5, 0.6) is 0 Å². The Morgan fingerprint density at radius 2 is 2.06 bits per heavy atom. The van der Waals surface area contributed by atoms with E-state index in [-0.39, 0.29) is 12.1 Å². The summed E-state index contributed by atoms with van der Waals surface area (Å²) < 4.78 is 13.0. The van der Waals surface area contributed by atoms with Crippen LogP contribution in [0.3, 0.4) is 0 Å². The van der Waals surface area contributed by atoms with Crippen LogP contribution in [0.4, 0.5) is 10.1 Å². The Morgan fingerprint density at radius 3 is 2.59 bits per heavy atom. The summed E-state index contributed by atoms with van der Waals surface area (Å²) in [5.74, 6) is 0. The molecule has 2 nitrogen and oxygen atoms in total. The van der Waals surface area contributed by atoms with Gasteiger partial charge >= 0.3 is 0 Å². The summed E-state index contributed by atoms with van der Waals surface area (Å²) in [6.07, 6.45) is 1.62. The molecule has 2 rings (SSSR count). The van der Waals surface area contributed by atoms with Crippen LogP contribution in [0.2, 0.25) is 5.02 Å². The molecule has 0 bridgehead atoms. The average molecular weight is 257 g/mol. The number of anilines is 1. The van der Waals surface area contributed by atoms with Crippen molar-refractivity contribution >= 4 is 17.3 Å². The monoisotopic (exact) mass is 256 g/mol. The first-order valence-electron chi connectivity index (χ1n) is 5.96. The Bertz CT molecular complexity index is 369. The molecule has 4 heteroatoms. The number of hydrogen-bond acceptors (Lipinski definition) is 2. The minimum Gasteiger partial charge on any atom is -0.371 e. The molecule has 1 aromatic rings. The molecule has 1 aliphatic rings. The summed E-state index contributed by atoms with van der Waals surface area (Å²) >= 11 is 5.97. The predicted molar refractivity (Wildman–Crippen MR) is 70.4 cm³/mol. The lowest BCUT2D eigenvalue weighted by molar-refractivity contribution is 0.168. The molecule has 0 aliphatic carbocycles. The highest BCUT2D eigenvalue weighted by Crippen LogP contribution is 2.33. The van der Waals surface area contributed by atoms with E-state index in [2.05, 4.69) is 4.90 Å². The van der Waals surface area contributed by atoms with Gasteiger partial charge in [0.05, 0.1) is 6.67 Å². The number of halogens is 2. The van der Waals surface area contributed by atoms with Crippen molar-refractivity contribution in [2.24, 2.45) is 11.1 Å². The fourth-order valence-electron chi connectivity index (χ4n) is 2.30. The van der Waals surface area contributed by atoms with E-state index >= 15 is 0 Å². The first-order chi connectivity index (χ1) is 8.19. The molecule has 1 aliphatic heterocycles. The fraction of sp³-hybridized carbons (Fsp3) is 0.538. The zero-order chi connectivity index (χ0) is 12.3. The molecule has 0 amide bonds.